The molecule has 1 aromatic rings. The first kappa shape index (κ1) is 10.9. The molecule has 0 aromatic carbocycles. The van der Waals surface area contributed by atoms with Crippen LogP contribution in [0.1, 0.15) is 5.56 Å². The molecule has 0 radical (unpaired) electrons. The highest BCUT2D eigenvalue weighted by atomic mass is 79.9. The molecule has 0 spiro atoms. The Balaban J connectivity index is 1.89. The summed E-state index contributed by atoms with van der Waals surface area (Å²) in [4.78, 5) is 13.7. The Hall–Kier alpha value is -0.590. The molecule has 0 aliphatic carbocycles. The molecule has 0 amide bonds. The molecule has 6 heteroatoms. The van der Waals surface area contributed by atoms with Crippen LogP contribution in [0, 0.1) is 0 Å². The Morgan fingerprint density at radius 2 is 2.00 bits per heavy atom. The minimum absolute atomic E-state index is 0.0167. The molecular weight excluding hydrogens is 260 g/mol. The normalized spacial score (nSPS) is 18.2. The van der Waals surface area contributed by atoms with Crippen molar-refractivity contribution in [3.63, 3.8) is 0 Å². The van der Waals surface area contributed by atoms with E-state index in [1.54, 1.807) is 0 Å². The van der Waals surface area contributed by atoms with Gasteiger partial charge in [-0.25, -0.2) is 0 Å². The Morgan fingerprint density at radius 1 is 1.27 bits per heavy atom. The van der Waals surface area contributed by atoms with Crippen molar-refractivity contribution in [1.29, 1.82) is 0 Å². The van der Waals surface area contributed by atoms with Crippen molar-refractivity contribution in [2.75, 3.05) is 32.7 Å². The van der Waals surface area contributed by atoms with Gasteiger partial charge >= 0.3 is 0 Å². The zero-order valence-corrected chi connectivity index (χ0v) is 10.1. The molecule has 0 bridgehead atoms. The van der Waals surface area contributed by atoms with Gasteiger partial charge < -0.3 is 10.2 Å². The van der Waals surface area contributed by atoms with Crippen LogP contribution in [0.25, 0.3) is 0 Å². The molecule has 5 nitrogen and oxygen atoms in total. The molecule has 2 heterocycles. The predicted molar refractivity (Wildman–Crippen MR) is 62.1 cm³/mol. The van der Waals surface area contributed by atoms with E-state index in [9.17, 15) is 4.79 Å². The van der Waals surface area contributed by atoms with E-state index >= 15 is 0 Å². The number of nitrogens with one attached hydrogen (secondary N) is 3. The van der Waals surface area contributed by atoms with Crippen LogP contribution < -0.4 is 10.9 Å². The number of H-pyrrole nitrogens is 2. The van der Waals surface area contributed by atoms with Crippen LogP contribution in [-0.2, 0) is 6.42 Å². The van der Waals surface area contributed by atoms with Gasteiger partial charge in [-0.3, -0.25) is 15.0 Å². The van der Waals surface area contributed by atoms with E-state index < -0.39 is 0 Å². The number of piperazine rings is 1. The maximum absolute atomic E-state index is 11.4. The first-order valence-electron chi connectivity index (χ1n) is 5.15. The van der Waals surface area contributed by atoms with Gasteiger partial charge in [0.05, 0.1) is 5.56 Å². The summed E-state index contributed by atoms with van der Waals surface area (Å²) in [5.74, 6) is 0. The highest BCUT2D eigenvalue weighted by molar-refractivity contribution is 9.10. The maximum Gasteiger partial charge on any atom is 0.268 e. The summed E-state index contributed by atoms with van der Waals surface area (Å²) in [7, 11) is 0. The molecule has 3 N–H and O–H groups in total. The lowest BCUT2D eigenvalue weighted by atomic mass is 10.2. The summed E-state index contributed by atoms with van der Waals surface area (Å²) < 4.78 is 0.780. The fourth-order valence-electron chi connectivity index (χ4n) is 1.79. The highest BCUT2D eigenvalue weighted by Gasteiger charge is 2.12. The first-order valence-corrected chi connectivity index (χ1v) is 5.95. The van der Waals surface area contributed by atoms with Crippen molar-refractivity contribution in [3.8, 4) is 0 Å². The first-order chi connectivity index (χ1) is 7.27. The standard InChI is InChI=1S/C9H15BrN4O/c10-8-7(9(15)13-12-8)1-4-14-5-2-11-3-6-14/h11H,1-6H2,(H2,12,13,15). The molecule has 1 aromatic heterocycles. The molecule has 1 aliphatic rings. The lowest BCUT2D eigenvalue weighted by Gasteiger charge is -2.26. The van der Waals surface area contributed by atoms with Crippen molar-refractivity contribution >= 4 is 15.9 Å². The van der Waals surface area contributed by atoms with E-state index in [1.165, 1.54) is 0 Å². The summed E-state index contributed by atoms with van der Waals surface area (Å²) in [5.41, 5.74) is 0.797. The number of hydrogen-bond acceptors (Lipinski definition) is 3. The van der Waals surface area contributed by atoms with E-state index in [0.29, 0.717) is 0 Å². The number of aromatic nitrogens is 2. The second kappa shape index (κ2) is 4.96. The van der Waals surface area contributed by atoms with Crippen LogP contribution in [-0.4, -0.2) is 47.8 Å². The summed E-state index contributed by atoms with van der Waals surface area (Å²) in [6, 6.07) is 0. The maximum atomic E-state index is 11.4. The van der Waals surface area contributed by atoms with Gasteiger partial charge in [0.1, 0.15) is 4.60 Å². The summed E-state index contributed by atoms with van der Waals surface area (Å²) in [6.45, 7) is 5.18. The second-order valence-electron chi connectivity index (χ2n) is 3.71. The molecule has 1 aliphatic heterocycles. The van der Waals surface area contributed by atoms with Crippen LogP contribution in [0.4, 0.5) is 0 Å². The van der Waals surface area contributed by atoms with Gasteiger partial charge in [0.15, 0.2) is 0 Å². The highest BCUT2D eigenvalue weighted by Crippen LogP contribution is 2.09. The molecule has 1 fully saturated rings. The van der Waals surface area contributed by atoms with E-state index in [4.69, 9.17) is 0 Å². The molecule has 0 unspecified atom stereocenters. The van der Waals surface area contributed by atoms with Gasteiger partial charge in [-0.15, -0.1) is 0 Å². The molecule has 84 valence electrons. The van der Waals surface area contributed by atoms with E-state index in [0.717, 1.165) is 49.3 Å². The Kier molecular flexibility index (Phi) is 3.61. The second-order valence-corrected chi connectivity index (χ2v) is 4.51. The summed E-state index contributed by atoms with van der Waals surface area (Å²) >= 11 is 3.32. The van der Waals surface area contributed by atoms with Crippen molar-refractivity contribution in [2.45, 2.75) is 6.42 Å². The predicted octanol–water partition coefficient (Wildman–Crippen LogP) is -0.0868. The largest absolute Gasteiger partial charge is 0.314 e. The van der Waals surface area contributed by atoms with Crippen molar-refractivity contribution in [1.82, 2.24) is 20.4 Å². The van der Waals surface area contributed by atoms with Crippen LogP contribution in [0.5, 0.6) is 0 Å². The minimum atomic E-state index is -0.0167. The van der Waals surface area contributed by atoms with E-state index in [1.807, 2.05) is 0 Å². The zero-order chi connectivity index (χ0) is 10.7. The Morgan fingerprint density at radius 3 is 2.60 bits per heavy atom. The Labute approximate surface area is 96.4 Å². The summed E-state index contributed by atoms with van der Waals surface area (Å²) in [5, 5.41) is 8.64. The van der Waals surface area contributed by atoms with Gasteiger partial charge in [0.2, 0.25) is 0 Å². The molecule has 0 atom stereocenters. The molecule has 0 saturated carbocycles. The average Bonchev–Trinajstić information content (AvgIpc) is 2.58. The quantitative estimate of drug-likeness (QED) is 0.722. The van der Waals surface area contributed by atoms with Crippen molar-refractivity contribution in [2.24, 2.45) is 0 Å². The third kappa shape index (κ3) is 2.70. The monoisotopic (exact) mass is 274 g/mol. The summed E-state index contributed by atoms with van der Waals surface area (Å²) in [6.07, 6.45) is 0.791. The van der Waals surface area contributed by atoms with Crippen molar-refractivity contribution < 1.29 is 0 Å². The third-order valence-corrected chi connectivity index (χ3v) is 3.39. The number of hydrogen-bond donors (Lipinski definition) is 3. The van der Waals surface area contributed by atoms with Gasteiger partial charge in [-0.1, -0.05) is 0 Å². The van der Waals surface area contributed by atoms with Crippen LogP contribution in [0.3, 0.4) is 0 Å². The van der Waals surface area contributed by atoms with Gasteiger partial charge in [-0.2, -0.15) is 0 Å². The number of aromatic amines is 2. The Bertz CT molecular complexity index is 366. The SMILES string of the molecule is O=c1[nH][nH]c(Br)c1CCN1CCNCC1. The number of nitrogens with zero attached hydrogens (tertiary/aromatic N) is 1. The third-order valence-electron chi connectivity index (χ3n) is 2.71. The molecule has 15 heavy (non-hydrogen) atoms. The lowest BCUT2D eigenvalue weighted by Crippen LogP contribution is -2.44. The van der Waals surface area contributed by atoms with Crippen molar-refractivity contribution in [3.05, 3.63) is 20.5 Å². The van der Waals surface area contributed by atoms with E-state index in [-0.39, 0.29) is 5.56 Å². The zero-order valence-electron chi connectivity index (χ0n) is 8.48. The van der Waals surface area contributed by atoms with Gasteiger partial charge in [0, 0.05) is 32.7 Å². The fourth-order valence-corrected chi connectivity index (χ4v) is 2.27. The fraction of sp³-hybridized carbons (Fsp3) is 0.667. The van der Waals surface area contributed by atoms with Gasteiger partial charge in [-0.05, 0) is 22.4 Å². The number of halogens is 1. The smallest absolute Gasteiger partial charge is 0.268 e. The van der Waals surface area contributed by atoms with E-state index in [2.05, 4.69) is 36.3 Å². The molecular formula is C9H15BrN4O. The van der Waals surface area contributed by atoms with Gasteiger partial charge in [0.25, 0.3) is 5.56 Å². The average molecular weight is 275 g/mol. The number of rotatable bonds is 3. The lowest BCUT2D eigenvalue weighted by molar-refractivity contribution is 0.243. The van der Waals surface area contributed by atoms with Crippen LogP contribution in [0.15, 0.2) is 9.40 Å². The molecule has 2 rings (SSSR count). The molecule has 1 saturated heterocycles. The van der Waals surface area contributed by atoms with Crippen LogP contribution >= 0.6 is 15.9 Å². The minimum Gasteiger partial charge on any atom is -0.314 e. The topological polar surface area (TPSA) is 63.9 Å². The van der Waals surface area contributed by atoms with Crippen LogP contribution in [0.2, 0.25) is 0 Å².